The van der Waals surface area contributed by atoms with Gasteiger partial charge in [-0.1, -0.05) is 12.1 Å². The lowest BCUT2D eigenvalue weighted by atomic mass is 9.80. The van der Waals surface area contributed by atoms with Gasteiger partial charge in [0.1, 0.15) is 13.3 Å². The first kappa shape index (κ1) is 24.4. The van der Waals surface area contributed by atoms with Gasteiger partial charge >= 0.3 is 11.9 Å². The molecular formula is C21H25FN2O6S. The third kappa shape index (κ3) is 5.84. The molecule has 0 aliphatic carbocycles. The normalized spacial score (nSPS) is 16.3. The number of carbonyl (C=O) groups excluding carboxylic acids is 2. The van der Waals surface area contributed by atoms with Crippen LogP contribution in [0.2, 0.25) is 0 Å². The predicted octanol–water partition coefficient (Wildman–Crippen LogP) is 3.64. The van der Waals surface area contributed by atoms with Crippen molar-refractivity contribution >= 4 is 29.4 Å². The van der Waals surface area contributed by atoms with E-state index in [1.54, 1.807) is 26.8 Å². The van der Waals surface area contributed by atoms with E-state index in [-0.39, 0.29) is 34.7 Å². The second-order valence-corrected chi connectivity index (χ2v) is 8.04. The summed E-state index contributed by atoms with van der Waals surface area (Å²) in [6.07, 6.45) is 1.37. The van der Waals surface area contributed by atoms with E-state index in [4.69, 9.17) is 9.47 Å². The van der Waals surface area contributed by atoms with Crippen LogP contribution < -0.4 is 5.32 Å². The summed E-state index contributed by atoms with van der Waals surface area (Å²) in [6, 6.07) is 5.55. The smallest absolute Gasteiger partial charge is 0.337 e. The number of allylic oxidation sites excluding steroid dienone is 2. The number of carbonyl (C=O) groups is 2. The Morgan fingerprint density at radius 2 is 2.00 bits per heavy atom. The van der Waals surface area contributed by atoms with Crippen molar-refractivity contribution in [3.8, 4) is 0 Å². The molecule has 0 radical (unpaired) electrons. The molecule has 0 fully saturated rings. The van der Waals surface area contributed by atoms with E-state index >= 15 is 0 Å². The van der Waals surface area contributed by atoms with Crippen molar-refractivity contribution in [3.05, 3.63) is 62.5 Å². The van der Waals surface area contributed by atoms with Crippen molar-refractivity contribution in [3.63, 3.8) is 0 Å². The summed E-state index contributed by atoms with van der Waals surface area (Å²) < 4.78 is 24.5. The van der Waals surface area contributed by atoms with E-state index in [1.165, 1.54) is 30.0 Å². The zero-order valence-electron chi connectivity index (χ0n) is 17.8. The fourth-order valence-electron chi connectivity index (χ4n) is 3.24. The molecule has 1 aliphatic rings. The maximum atomic E-state index is 13.9. The molecule has 0 saturated heterocycles. The van der Waals surface area contributed by atoms with Gasteiger partial charge in [-0.3, -0.25) is 10.1 Å². The minimum atomic E-state index is -1.08. The average molecular weight is 453 g/mol. The van der Waals surface area contributed by atoms with Crippen LogP contribution in [0.3, 0.4) is 0 Å². The minimum Gasteiger partial charge on any atom is -0.461 e. The molecule has 31 heavy (non-hydrogen) atoms. The molecule has 0 spiro atoms. The van der Waals surface area contributed by atoms with Gasteiger partial charge in [-0.05, 0) is 32.6 Å². The van der Waals surface area contributed by atoms with Crippen LogP contribution in [-0.2, 0) is 19.1 Å². The molecule has 168 valence electrons. The molecule has 1 heterocycles. The molecule has 2 rings (SSSR count). The van der Waals surface area contributed by atoms with Gasteiger partial charge in [0.2, 0.25) is 0 Å². The Kier molecular flexibility index (Phi) is 8.61. The van der Waals surface area contributed by atoms with Gasteiger partial charge in [0.05, 0.1) is 33.8 Å². The number of nitro groups is 1. The summed E-state index contributed by atoms with van der Waals surface area (Å²) in [5.41, 5.74) is 0.282. The lowest BCUT2D eigenvalue weighted by Crippen LogP contribution is -2.34. The van der Waals surface area contributed by atoms with Gasteiger partial charge in [-0.15, -0.1) is 0 Å². The van der Waals surface area contributed by atoms with Crippen LogP contribution in [0, 0.1) is 10.1 Å². The van der Waals surface area contributed by atoms with E-state index in [1.807, 2.05) is 6.26 Å². The van der Waals surface area contributed by atoms with E-state index < -0.39 is 35.6 Å². The van der Waals surface area contributed by atoms with E-state index in [9.17, 15) is 24.1 Å². The van der Waals surface area contributed by atoms with Gasteiger partial charge in [0.15, 0.2) is 0 Å². The number of nitrogens with one attached hydrogen (secondary N) is 1. The molecule has 1 atom stereocenters. The SMILES string of the molecule is CSCCOC(=O)C1=C(C)NC(CF)=C(C(=O)OC(C)C)C1c1cccc([N+](=O)[O-])c1. The lowest BCUT2D eigenvalue weighted by Gasteiger charge is -2.31. The van der Waals surface area contributed by atoms with Crippen molar-refractivity contribution in [1.29, 1.82) is 0 Å². The summed E-state index contributed by atoms with van der Waals surface area (Å²) >= 11 is 1.49. The predicted molar refractivity (Wildman–Crippen MR) is 115 cm³/mol. The largest absolute Gasteiger partial charge is 0.461 e. The highest BCUT2D eigenvalue weighted by atomic mass is 32.2. The molecule has 1 aliphatic heterocycles. The van der Waals surface area contributed by atoms with Gasteiger partial charge in [0.25, 0.3) is 5.69 Å². The number of dihydropyridines is 1. The number of esters is 2. The van der Waals surface area contributed by atoms with Crippen LogP contribution in [0.5, 0.6) is 0 Å². The zero-order valence-corrected chi connectivity index (χ0v) is 18.6. The minimum absolute atomic E-state index is 0.0553. The number of hydrogen-bond donors (Lipinski definition) is 1. The van der Waals surface area contributed by atoms with Crippen molar-refractivity contribution in [1.82, 2.24) is 5.32 Å². The Hall–Kier alpha value is -2.88. The zero-order chi connectivity index (χ0) is 23.1. The Balaban J connectivity index is 2.66. The molecule has 1 unspecified atom stereocenters. The third-order valence-corrected chi connectivity index (χ3v) is 5.07. The van der Waals surface area contributed by atoms with Gasteiger partial charge in [0, 0.05) is 23.6 Å². The topological polar surface area (TPSA) is 108 Å². The maximum absolute atomic E-state index is 13.9. The van der Waals surface area contributed by atoms with E-state index in [0.29, 0.717) is 11.4 Å². The number of hydrogen-bond acceptors (Lipinski definition) is 8. The second kappa shape index (κ2) is 10.9. The molecule has 1 N–H and O–H groups in total. The number of nitrogens with zero attached hydrogens (tertiary/aromatic N) is 1. The van der Waals surface area contributed by atoms with Crippen molar-refractivity contribution in [2.75, 3.05) is 25.3 Å². The number of non-ortho nitro benzene ring substituents is 1. The monoisotopic (exact) mass is 452 g/mol. The third-order valence-electron chi connectivity index (χ3n) is 4.50. The first-order valence-corrected chi connectivity index (χ1v) is 11.0. The van der Waals surface area contributed by atoms with E-state index in [0.717, 1.165) is 0 Å². The molecule has 0 bridgehead atoms. The molecule has 1 aromatic rings. The molecule has 0 amide bonds. The van der Waals surface area contributed by atoms with Crippen LogP contribution >= 0.6 is 11.8 Å². The fraction of sp³-hybridized carbons (Fsp3) is 0.429. The number of ether oxygens (including phenoxy) is 2. The molecule has 0 saturated carbocycles. The fourth-order valence-corrected chi connectivity index (χ4v) is 3.49. The highest BCUT2D eigenvalue weighted by molar-refractivity contribution is 7.98. The average Bonchev–Trinajstić information content (AvgIpc) is 2.72. The number of nitro benzene ring substituents is 1. The van der Waals surface area contributed by atoms with Crippen LogP contribution in [0.1, 0.15) is 32.3 Å². The Morgan fingerprint density at radius 1 is 1.29 bits per heavy atom. The van der Waals surface area contributed by atoms with Crippen LogP contribution in [0.25, 0.3) is 0 Å². The maximum Gasteiger partial charge on any atom is 0.337 e. The summed E-state index contributed by atoms with van der Waals surface area (Å²) in [5.74, 6) is -2.02. The Morgan fingerprint density at radius 3 is 2.58 bits per heavy atom. The van der Waals surface area contributed by atoms with Crippen LogP contribution in [0.15, 0.2) is 46.8 Å². The Labute approximate surface area is 184 Å². The molecule has 10 heteroatoms. The van der Waals surface area contributed by atoms with Crippen molar-refractivity contribution < 1.29 is 28.4 Å². The summed E-state index contributed by atoms with van der Waals surface area (Å²) in [7, 11) is 0. The van der Waals surface area contributed by atoms with Gasteiger partial charge in [-0.25, -0.2) is 14.0 Å². The molecular weight excluding hydrogens is 427 g/mol. The molecule has 0 aromatic heterocycles. The van der Waals surface area contributed by atoms with Gasteiger partial charge in [-0.2, -0.15) is 11.8 Å². The molecule has 8 nitrogen and oxygen atoms in total. The van der Waals surface area contributed by atoms with Crippen molar-refractivity contribution in [2.24, 2.45) is 0 Å². The first-order valence-electron chi connectivity index (χ1n) is 9.59. The second-order valence-electron chi connectivity index (χ2n) is 7.06. The first-order chi connectivity index (χ1) is 14.7. The number of halogens is 1. The lowest BCUT2D eigenvalue weighted by molar-refractivity contribution is -0.384. The molecule has 1 aromatic carbocycles. The van der Waals surface area contributed by atoms with Crippen LogP contribution in [-0.4, -0.2) is 48.3 Å². The van der Waals surface area contributed by atoms with Crippen LogP contribution in [0.4, 0.5) is 10.1 Å². The number of benzene rings is 1. The number of alkyl halides is 1. The highest BCUT2D eigenvalue weighted by Gasteiger charge is 2.39. The number of thioether (sulfide) groups is 1. The summed E-state index contributed by atoms with van der Waals surface area (Å²) in [6.45, 7) is 3.98. The summed E-state index contributed by atoms with van der Waals surface area (Å²) in [4.78, 5) is 36.6. The quantitative estimate of drug-likeness (QED) is 0.262. The highest BCUT2D eigenvalue weighted by Crippen LogP contribution is 2.40. The van der Waals surface area contributed by atoms with E-state index in [2.05, 4.69) is 5.32 Å². The van der Waals surface area contributed by atoms with Crippen molar-refractivity contribution in [2.45, 2.75) is 32.8 Å². The van der Waals surface area contributed by atoms with Gasteiger partial charge < -0.3 is 14.8 Å². The standard InChI is InChI=1S/C21H25FN2O6S/c1-12(2)30-21(26)19-16(11-22)23-13(3)17(20(25)29-8-9-31-4)18(19)14-6-5-7-15(10-14)24(27)28/h5-7,10,12,18,23H,8-9,11H2,1-4H3. The summed E-state index contributed by atoms with van der Waals surface area (Å²) in [5, 5.41) is 14.1. The Bertz CT molecular complexity index is 928. The number of rotatable bonds is 9.